The molecule has 4 heterocycles. The second kappa shape index (κ2) is 9.46. The fraction of sp³-hybridized carbons (Fsp3) is 0.143. The van der Waals surface area contributed by atoms with Crippen LogP contribution in [0.5, 0.6) is 0 Å². The molecule has 1 aliphatic carbocycles. The van der Waals surface area contributed by atoms with Gasteiger partial charge >= 0.3 is 0 Å². The highest BCUT2D eigenvalue weighted by atomic mass is 35.5. The summed E-state index contributed by atoms with van der Waals surface area (Å²) >= 11 is 0. The highest BCUT2D eigenvalue weighted by Gasteiger charge is 2.30. The van der Waals surface area contributed by atoms with E-state index in [2.05, 4.69) is 25.3 Å². The molecule has 7 nitrogen and oxygen atoms in total. The van der Waals surface area contributed by atoms with Gasteiger partial charge in [0.2, 0.25) is 11.7 Å². The maximum Gasteiger partial charge on any atom is 0.230 e. The summed E-state index contributed by atoms with van der Waals surface area (Å²) in [7, 11) is 0. The quantitative estimate of drug-likeness (QED) is 0.325. The Morgan fingerprint density at radius 1 is 1.03 bits per heavy atom. The summed E-state index contributed by atoms with van der Waals surface area (Å²) in [5.41, 5.74) is 2.65. The third kappa shape index (κ3) is 4.19. The first kappa shape index (κ1) is 24.6. The van der Waals surface area contributed by atoms with Crippen LogP contribution in [0.1, 0.15) is 24.7 Å². The SMILES string of the molecule is Cl.Cl.Cl.Fc1cccc(F)c1-c1n[nH]cc1-c1ccc2ncc(-c3noc(C4CC4)n3)n2c1. The predicted molar refractivity (Wildman–Crippen MR) is 125 cm³/mol. The van der Waals surface area contributed by atoms with Crippen molar-refractivity contribution in [2.45, 2.75) is 18.8 Å². The molecule has 1 aliphatic rings. The Bertz CT molecular complexity index is 1390. The lowest BCUT2D eigenvalue weighted by atomic mass is 10.0. The smallest absolute Gasteiger partial charge is 0.230 e. The monoisotopic (exact) mass is 512 g/mol. The Balaban J connectivity index is 0.00000102. The fourth-order valence-corrected chi connectivity index (χ4v) is 3.57. The van der Waals surface area contributed by atoms with Gasteiger partial charge in [-0.05, 0) is 37.1 Å². The van der Waals surface area contributed by atoms with E-state index in [9.17, 15) is 8.78 Å². The molecule has 0 unspecified atom stereocenters. The summed E-state index contributed by atoms with van der Waals surface area (Å²) in [6.07, 6.45) is 7.23. The number of benzene rings is 1. The number of hydrogen-bond acceptors (Lipinski definition) is 5. The Labute approximate surface area is 204 Å². The number of halogens is 5. The molecule has 0 spiro atoms. The zero-order valence-electron chi connectivity index (χ0n) is 16.7. The van der Waals surface area contributed by atoms with Gasteiger partial charge in [0.15, 0.2) is 0 Å². The third-order valence-corrected chi connectivity index (χ3v) is 5.25. The van der Waals surface area contributed by atoms with Crippen LogP contribution >= 0.6 is 37.2 Å². The first-order chi connectivity index (χ1) is 14.7. The summed E-state index contributed by atoms with van der Waals surface area (Å²) in [4.78, 5) is 8.88. The van der Waals surface area contributed by atoms with Crippen LogP contribution in [-0.4, -0.2) is 29.7 Å². The zero-order valence-corrected chi connectivity index (χ0v) is 19.2. The van der Waals surface area contributed by atoms with Gasteiger partial charge in [-0.15, -0.1) is 37.2 Å². The first-order valence-electron chi connectivity index (χ1n) is 9.48. The molecular formula is C21H17Cl3F2N6O. The van der Waals surface area contributed by atoms with Crippen LogP contribution < -0.4 is 0 Å². The summed E-state index contributed by atoms with van der Waals surface area (Å²) in [6.45, 7) is 0. The number of pyridine rings is 1. The Hall–Kier alpha value is -3.01. The summed E-state index contributed by atoms with van der Waals surface area (Å²) < 4.78 is 35.9. The van der Waals surface area contributed by atoms with Crippen molar-refractivity contribution in [2.75, 3.05) is 0 Å². The minimum absolute atomic E-state index is 0. The molecule has 5 aromatic rings. The second-order valence-electron chi connectivity index (χ2n) is 7.26. The predicted octanol–water partition coefficient (Wildman–Crippen LogP) is 5.86. The Morgan fingerprint density at radius 3 is 2.52 bits per heavy atom. The van der Waals surface area contributed by atoms with E-state index < -0.39 is 11.6 Å². The van der Waals surface area contributed by atoms with Crippen molar-refractivity contribution in [1.82, 2.24) is 29.7 Å². The van der Waals surface area contributed by atoms with Gasteiger partial charge < -0.3 is 4.52 Å². The molecule has 1 aromatic carbocycles. The van der Waals surface area contributed by atoms with Crippen molar-refractivity contribution in [3.63, 3.8) is 0 Å². The van der Waals surface area contributed by atoms with Crippen LogP contribution in [0.25, 0.3) is 39.5 Å². The van der Waals surface area contributed by atoms with Gasteiger partial charge in [0.1, 0.15) is 28.7 Å². The zero-order chi connectivity index (χ0) is 20.2. The van der Waals surface area contributed by atoms with Crippen molar-refractivity contribution < 1.29 is 13.3 Å². The molecule has 1 fully saturated rings. The van der Waals surface area contributed by atoms with Gasteiger partial charge in [-0.1, -0.05) is 11.2 Å². The van der Waals surface area contributed by atoms with Crippen LogP contribution in [0.15, 0.2) is 53.4 Å². The highest BCUT2D eigenvalue weighted by Crippen LogP contribution is 2.39. The molecule has 4 aromatic heterocycles. The van der Waals surface area contributed by atoms with Crippen molar-refractivity contribution >= 4 is 42.9 Å². The number of rotatable bonds is 4. The van der Waals surface area contributed by atoms with E-state index in [1.54, 1.807) is 12.4 Å². The van der Waals surface area contributed by atoms with E-state index >= 15 is 0 Å². The third-order valence-electron chi connectivity index (χ3n) is 5.25. The normalized spacial score (nSPS) is 12.7. The highest BCUT2D eigenvalue weighted by molar-refractivity contribution is 5.86. The van der Waals surface area contributed by atoms with E-state index in [4.69, 9.17) is 4.52 Å². The minimum Gasteiger partial charge on any atom is -0.339 e. The maximum atomic E-state index is 14.3. The van der Waals surface area contributed by atoms with Crippen molar-refractivity contribution in [1.29, 1.82) is 0 Å². The van der Waals surface area contributed by atoms with Crippen LogP contribution in [0.3, 0.4) is 0 Å². The molecule has 0 saturated heterocycles. The molecule has 12 heteroatoms. The first-order valence-corrected chi connectivity index (χ1v) is 9.48. The molecule has 0 amide bonds. The number of hydrogen-bond donors (Lipinski definition) is 1. The number of nitrogens with one attached hydrogen (secondary N) is 1. The van der Waals surface area contributed by atoms with Crippen LogP contribution in [-0.2, 0) is 0 Å². The fourth-order valence-electron chi connectivity index (χ4n) is 3.57. The lowest BCUT2D eigenvalue weighted by Crippen LogP contribution is -1.94. The molecule has 6 rings (SSSR count). The number of imidazole rings is 1. The van der Waals surface area contributed by atoms with Crippen LogP contribution in [0, 0.1) is 11.6 Å². The Kier molecular flexibility index (Phi) is 7.06. The van der Waals surface area contributed by atoms with Crippen LogP contribution in [0.4, 0.5) is 8.78 Å². The van der Waals surface area contributed by atoms with Gasteiger partial charge in [0, 0.05) is 29.4 Å². The van der Waals surface area contributed by atoms with Gasteiger partial charge in [0.25, 0.3) is 0 Å². The lowest BCUT2D eigenvalue weighted by Gasteiger charge is -2.07. The average Bonchev–Trinajstić information content (AvgIpc) is 3.15. The molecular weight excluding hydrogens is 497 g/mol. The minimum atomic E-state index is -0.674. The molecule has 1 N–H and O–H groups in total. The van der Waals surface area contributed by atoms with Crippen LogP contribution in [0.2, 0.25) is 0 Å². The average molecular weight is 514 g/mol. The number of aromatic nitrogens is 6. The number of aromatic amines is 1. The van der Waals surface area contributed by atoms with Crippen molar-refractivity contribution in [2.24, 2.45) is 0 Å². The number of nitrogens with zero attached hydrogens (tertiary/aromatic N) is 5. The largest absolute Gasteiger partial charge is 0.339 e. The van der Waals surface area contributed by atoms with Gasteiger partial charge in [-0.25, -0.2) is 13.8 Å². The van der Waals surface area contributed by atoms with E-state index in [0.29, 0.717) is 40.1 Å². The topological polar surface area (TPSA) is 84.9 Å². The van der Waals surface area contributed by atoms with Crippen molar-refractivity contribution in [3.8, 4) is 33.9 Å². The maximum absolute atomic E-state index is 14.3. The van der Waals surface area contributed by atoms with E-state index in [-0.39, 0.29) is 48.5 Å². The second-order valence-corrected chi connectivity index (χ2v) is 7.26. The summed E-state index contributed by atoms with van der Waals surface area (Å²) in [5.74, 6) is 0.0989. The molecule has 0 radical (unpaired) electrons. The number of H-pyrrole nitrogens is 1. The lowest BCUT2D eigenvalue weighted by molar-refractivity contribution is 0.380. The van der Waals surface area contributed by atoms with Gasteiger partial charge in [-0.2, -0.15) is 10.1 Å². The molecule has 33 heavy (non-hydrogen) atoms. The summed E-state index contributed by atoms with van der Waals surface area (Å²) in [6, 6.07) is 7.38. The molecule has 0 bridgehead atoms. The molecule has 172 valence electrons. The van der Waals surface area contributed by atoms with Crippen molar-refractivity contribution in [3.05, 3.63) is 66.4 Å². The van der Waals surface area contributed by atoms with Gasteiger partial charge in [0.05, 0.1) is 11.8 Å². The summed E-state index contributed by atoms with van der Waals surface area (Å²) in [5, 5.41) is 10.9. The van der Waals surface area contributed by atoms with E-state index in [0.717, 1.165) is 12.8 Å². The standard InChI is InChI=1S/C21H14F2N6O.3ClH/c22-14-2-1-3-15(23)18(14)19-13(8-25-27-19)12-6-7-17-24-9-16(29(17)10-12)20-26-21(30-28-20)11-4-5-11;;;/h1-3,6-11H,4-5H2,(H,25,27);3*1H. The molecule has 0 aliphatic heterocycles. The molecule has 1 saturated carbocycles. The molecule has 0 atom stereocenters. The van der Waals surface area contributed by atoms with E-state index in [1.807, 2.05) is 22.7 Å². The Morgan fingerprint density at radius 2 is 1.79 bits per heavy atom. The van der Waals surface area contributed by atoms with E-state index in [1.165, 1.54) is 18.2 Å². The number of fused-ring (bicyclic) bond motifs is 1. The van der Waals surface area contributed by atoms with Gasteiger partial charge in [-0.3, -0.25) is 9.50 Å².